The minimum absolute atomic E-state index is 0.151. The summed E-state index contributed by atoms with van der Waals surface area (Å²) in [5, 5.41) is 2.74. The van der Waals surface area contributed by atoms with Crippen molar-refractivity contribution in [2.75, 3.05) is 5.32 Å². The Balaban J connectivity index is 1.65. The number of carbonyl (C=O) groups excluding carboxylic acids is 1. The van der Waals surface area contributed by atoms with Gasteiger partial charge in [0.15, 0.2) is 29.4 Å². The molecule has 4 atom stereocenters. The number of halogens is 1. The van der Waals surface area contributed by atoms with Gasteiger partial charge in [0.25, 0.3) is 5.91 Å². The van der Waals surface area contributed by atoms with E-state index >= 15 is 0 Å². The maximum Gasteiger partial charge on any atom is 0.256 e. The summed E-state index contributed by atoms with van der Waals surface area (Å²) >= 11 is 0. The number of carbonyl (C=O) groups is 1. The van der Waals surface area contributed by atoms with E-state index in [0.29, 0.717) is 16.7 Å². The molecular formula is C19H20FN5O2. The maximum atomic E-state index is 14.8. The molecule has 0 radical (unpaired) electrons. The fraction of sp³-hybridized carbons (Fsp3) is 0.368. The van der Waals surface area contributed by atoms with Crippen LogP contribution in [0, 0.1) is 5.92 Å². The molecule has 2 aromatic heterocycles. The third-order valence-corrected chi connectivity index (χ3v) is 4.98. The summed E-state index contributed by atoms with van der Waals surface area (Å²) in [7, 11) is 0. The summed E-state index contributed by atoms with van der Waals surface area (Å²) in [6, 6.07) is 8.81. The first-order valence-corrected chi connectivity index (χ1v) is 8.93. The molecule has 0 spiro atoms. The minimum Gasteiger partial charge on any atom is -0.351 e. The highest BCUT2D eigenvalue weighted by molar-refractivity contribution is 6.06. The van der Waals surface area contributed by atoms with Crippen LogP contribution < -0.4 is 5.32 Å². The van der Waals surface area contributed by atoms with Gasteiger partial charge in [-0.25, -0.2) is 19.3 Å². The van der Waals surface area contributed by atoms with Gasteiger partial charge in [-0.15, -0.1) is 0 Å². The summed E-state index contributed by atoms with van der Waals surface area (Å²) in [4.78, 5) is 25.1. The third-order valence-electron chi connectivity index (χ3n) is 4.98. The number of hydrogen-bond acceptors (Lipinski definition) is 5. The Morgan fingerprint density at radius 2 is 2.04 bits per heavy atom. The number of aromatic nitrogens is 4. The number of alkyl halides is 1. The van der Waals surface area contributed by atoms with Gasteiger partial charge in [-0.3, -0.25) is 9.36 Å². The fourth-order valence-corrected chi connectivity index (χ4v) is 3.43. The second-order valence-corrected chi connectivity index (χ2v) is 6.64. The molecule has 1 aliphatic heterocycles. The van der Waals surface area contributed by atoms with E-state index < -0.39 is 12.4 Å². The molecule has 3 aromatic rings. The van der Waals surface area contributed by atoms with Crippen LogP contribution in [0.3, 0.4) is 0 Å². The Kier molecular flexibility index (Phi) is 4.57. The van der Waals surface area contributed by atoms with Crippen molar-refractivity contribution in [2.24, 2.45) is 5.92 Å². The number of nitrogens with zero attached hydrogens (tertiary/aromatic N) is 4. The number of imidazole rings is 1. The Morgan fingerprint density at radius 1 is 1.26 bits per heavy atom. The molecule has 1 amide bonds. The predicted octanol–water partition coefficient (Wildman–Crippen LogP) is 3.36. The van der Waals surface area contributed by atoms with Crippen LogP contribution in [-0.4, -0.2) is 37.7 Å². The van der Waals surface area contributed by atoms with Crippen LogP contribution in [0.15, 0.2) is 43.0 Å². The summed E-state index contributed by atoms with van der Waals surface area (Å²) in [6.07, 6.45) is 1.44. The zero-order valence-electron chi connectivity index (χ0n) is 15.0. The Bertz CT molecular complexity index is 961. The minimum atomic E-state index is -1.16. The van der Waals surface area contributed by atoms with Crippen molar-refractivity contribution in [3.05, 3.63) is 48.5 Å². The van der Waals surface area contributed by atoms with E-state index in [1.54, 1.807) is 28.8 Å². The number of fused-ring (bicyclic) bond motifs is 1. The number of anilines is 1. The molecule has 4 rings (SSSR count). The average molecular weight is 369 g/mol. The molecule has 8 heteroatoms. The van der Waals surface area contributed by atoms with E-state index in [2.05, 4.69) is 20.3 Å². The molecule has 0 saturated carbocycles. The lowest BCUT2D eigenvalue weighted by atomic mass is 10.00. The van der Waals surface area contributed by atoms with Crippen LogP contribution in [0.25, 0.3) is 11.2 Å². The second kappa shape index (κ2) is 7.03. The van der Waals surface area contributed by atoms with E-state index in [0.717, 1.165) is 6.42 Å². The normalized spacial score (nSPS) is 25.0. The Labute approximate surface area is 155 Å². The van der Waals surface area contributed by atoms with Gasteiger partial charge >= 0.3 is 0 Å². The van der Waals surface area contributed by atoms with Crippen LogP contribution in [0.4, 0.5) is 10.2 Å². The number of hydrogen-bond donors (Lipinski definition) is 1. The molecule has 1 aliphatic rings. The van der Waals surface area contributed by atoms with Crippen LogP contribution in [0.1, 0.15) is 36.9 Å². The number of ether oxygens (including phenoxy) is 1. The number of benzene rings is 1. The van der Waals surface area contributed by atoms with Gasteiger partial charge in [-0.2, -0.15) is 0 Å². The standard InChI is InChI=1S/C19H20FN5O2/c1-3-13-11(2)14(20)19(27-13)25-10-23-15-16(21-9-22-17(15)25)24-18(26)12-7-5-4-6-8-12/h4-11,13-14,19H,3H2,1-2H3,(H,21,22,24,26). The van der Waals surface area contributed by atoms with Gasteiger partial charge in [-0.05, 0) is 18.6 Å². The largest absolute Gasteiger partial charge is 0.351 e. The first-order chi connectivity index (χ1) is 13.1. The lowest BCUT2D eigenvalue weighted by Crippen LogP contribution is -2.20. The van der Waals surface area contributed by atoms with E-state index in [1.165, 1.54) is 12.7 Å². The molecule has 1 fully saturated rings. The molecule has 140 valence electrons. The molecule has 7 nitrogen and oxygen atoms in total. The van der Waals surface area contributed by atoms with E-state index in [4.69, 9.17) is 4.74 Å². The van der Waals surface area contributed by atoms with Crippen molar-refractivity contribution in [3.8, 4) is 0 Å². The first kappa shape index (κ1) is 17.5. The number of nitrogens with one attached hydrogen (secondary N) is 1. The van der Waals surface area contributed by atoms with Crippen molar-refractivity contribution < 1.29 is 13.9 Å². The molecule has 0 bridgehead atoms. The Morgan fingerprint density at radius 3 is 2.74 bits per heavy atom. The molecule has 1 aromatic carbocycles. The monoisotopic (exact) mass is 369 g/mol. The van der Waals surface area contributed by atoms with E-state index in [9.17, 15) is 9.18 Å². The van der Waals surface area contributed by atoms with Gasteiger partial charge < -0.3 is 10.1 Å². The van der Waals surface area contributed by atoms with Crippen LogP contribution in [-0.2, 0) is 4.74 Å². The van der Waals surface area contributed by atoms with Gasteiger partial charge in [-0.1, -0.05) is 32.0 Å². The SMILES string of the molecule is CCC1OC(n2cnc3c(NC(=O)c4ccccc4)ncnc32)C(F)C1C. The molecule has 0 aliphatic carbocycles. The quantitative estimate of drug-likeness (QED) is 0.763. The maximum absolute atomic E-state index is 14.8. The first-order valence-electron chi connectivity index (χ1n) is 8.93. The fourth-order valence-electron chi connectivity index (χ4n) is 3.43. The smallest absolute Gasteiger partial charge is 0.256 e. The van der Waals surface area contributed by atoms with E-state index in [-0.39, 0.29) is 23.7 Å². The summed E-state index contributed by atoms with van der Waals surface area (Å²) in [6.45, 7) is 3.82. The predicted molar refractivity (Wildman–Crippen MR) is 98.0 cm³/mol. The Hall–Kier alpha value is -2.87. The molecule has 1 N–H and O–H groups in total. The highest BCUT2D eigenvalue weighted by atomic mass is 19.1. The lowest BCUT2D eigenvalue weighted by molar-refractivity contribution is -0.0186. The summed E-state index contributed by atoms with van der Waals surface area (Å²) in [5.74, 6) is -0.233. The lowest BCUT2D eigenvalue weighted by Gasteiger charge is -2.15. The van der Waals surface area contributed by atoms with Crippen LogP contribution in [0.2, 0.25) is 0 Å². The number of amides is 1. The molecule has 27 heavy (non-hydrogen) atoms. The second-order valence-electron chi connectivity index (χ2n) is 6.64. The zero-order valence-corrected chi connectivity index (χ0v) is 15.0. The summed E-state index contributed by atoms with van der Waals surface area (Å²) < 4.78 is 22.2. The van der Waals surface area contributed by atoms with Gasteiger partial charge in [0.1, 0.15) is 6.33 Å². The van der Waals surface area contributed by atoms with Crippen molar-refractivity contribution >= 4 is 22.9 Å². The molecule has 3 heterocycles. The van der Waals surface area contributed by atoms with Gasteiger partial charge in [0.05, 0.1) is 12.4 Å². The topological polar surface area (TPSA) is 81.9 Å². The molecular weight excluding hydrogens is 349 g/mol. The highest BCUT2D eigenvalue weighted by Gasteiger charge is 2.43. The van der Waals surface area contributed by atoms with E-state index in [1.807, 2.05) is 19.9 Å². The van der Waals surface area contributed by atoms with Crippen LogP contribution >= 0.6 is 0 Å². The highest BCUT2D eigenvalue weighted by Crippen LogP contribution is 2.38. The van der Waals surface area contributed by atoms with Crippen molar-refractivity contribution in [2.45, 2.75) is 38.8 Å². The zero-order chi connectivity index (χ0) is 19.0. The number of rotatable bonds is 4. The van der Waals surface area contributed by atoms with Crippen molar-refractivity contribution in [3.63, 3.8) is 0 Å². The third kappa shape index (κ3) is 3.06. The van der Waals surface area contributed by atoms with Crippen LogP contribution in [0.5, 0.6) is 0 Å². The summed E-state index contributed by atoms with van der Waals surface area (Å²) in [5.41, 5.74) is 1.32. The van der Waals surface area contributed by atoms with Gasteiger partial charge in [0.2, 0.25) is 0 Å². The van der Waals surface area contributed by atoms with Crippen molar-refractivity contribution in [1.82, 2.24) is 19.5 Å². The van der Waals surface area contributed by atoms with Crippen molar-refractivity contribution in [1.29, 1.82) is 0 Å². The average Bonchev–Trinajstić information content (AvgIpc) is 3.25. The van der Waals surface area contributed by atoms with Gasteiger partial charge in [0, 0.05) is 11.5 Å². The molecule has 1 saturated heterocycles. The molecule has 4 unspecified atom stereocenters.